The zero-order chi connectivity index (χ0) is 17.9. The zero-order valence-electron chi connectivity index (χ0n) is 13.9. The first-order chi connectivity index (χ1) is 12.2. The van der Waals surface area contributed by atoms with Gasteiger partial charge in [-0.3, -0.25) is 0 Å². The Morgan fingerprint density at radius 3 is 2.00 bits per heavy atom. The van der Waals surface area contributed by atoms with E-state index in [2.05, 4.69) is 12.1 Å². The molecular weight excluding hydrogens is 310 g/mol. The third-order valence-corrected chi connectivity index (χ3v) is 4.60. The molecule has 3 rings (SSSR count). The first kappa shape index (κ1) is 16.4. The average Bonchev–Trinajstić information content (AvgIpc) is 2.68. The van der Waals surface area contributed by atoms with Gasteiger partial charge >= 0.3 is 0 Å². The Hall–Kier alpha value is -3.50. The molecule has 1 aliphatic rings. The summed E-state index contributed by atoms with van der Waals surface area (Å²) in [5.74, 6) is 0.455. The van der Waals surface area contributed by atoms with E-state index in [1.807, 2.05) is 67.6 Å². The molecule has 2 aromatic carbocycles. The molecule has 1 atom stereocenters. The minimum Gasteiger partial charge on any atom is -0.439 e. The monoisotopic (exact) mass is 327 g/mol. The fourth-order valence-electron chi connectivity index (χ4n) is 3.40. The topological polar surface area (TPSA) is 82.8 Å². The summed E-state index contributed by atoms with van der Waals surface area (Å²) < 4.78 is 5.75. The van der Waals surface area contributed by atoms with Crippen molar-refractivity contribution in [3.8, 4) is 12.1 Å². The Morgan fingerprint density at radius 1 is 0.920 bits per heavy atom. The van der Waals surface area contributed by atoms with Crippen LogP contribution in [0.5, 0.6) is 0 Å². The predicted molar refractivity (Wildman–Crippen MR) is 95.3 cm³/mol. The molecular formula is C21H17N3O. The van der Waals surface area contributed by atoms with Crippen molar-refractivity contribution in [2.24, 2.45) is 5.73 Å². The molecule has 0 aliphatic carbocycles. The number of ether oxygens (including phenoxy) is 1. The fourth-order valence-corrected chi connectivity index (χ4v) is 3.40. The highest BCUT2D eigenvalue weighted by molar-refractivity contribution is 5.76. The lowest BCUT2D eigenvalue weighted by Gasteiger charge is -2.37. The lowest BCUT2D eigenvalue weighted by Crippen LogP contribution is -2.36. The van der Waals surface area contributed by atoms with Crippen molar-refractivity contribution in [1.82, 2.24) is 0 Å². The van der Waals surface area contributed by atoms with E-state index in [0.717, 1.165) is 11.1 Å². The van der Waals surface area contributed by atoms with Crippen LogP contribution in [0.15, 0.2) is 77.7 Å². The Morgan fingerprint density at radius 2 is 1.48 bits per heavy atom. The molecule has 0 spiro atoms. The third kappa shape index (κ3) is 2.45. The summed E-state index contributed by atoms with van der Waals surface area (Å²) in [7, 11) is 0. The van der Waals surface area contributed by atoms with Gasteiger partial charge in [-0.25, -0.2) is 0 Å². The van der Waals surface area contributed by atoms with Gasteiger partial charge in [-0.1, -0.05) is 67.6 Å². The van der Waals surface area contributed by atoms with Crippen LogP contribution in [0.1, 0.15) is 24.5 Å². The number of nitrogens with zero attached hydrogens (tertiary/aromatic N) is 2. The van der Waals surface area contributed by atoms with Gasteiger partial charge in [-0.2, -0.15) is 10.5 Å². The van der Waals surface area contributed by atoms with E-state index in [4.69, 9.17) is 10.5 Å². The van der Waals surface area contributed by atoms with Crippen molar-refractivity contribution in [2.75, 3.05) is 0 Å². The van der Waals surface area contributed by atoms with Crippen molar-refractivity contribution in [3.05, 3.63) is 88.8 Å². The number of allylic oxidation sites excluding steroid dienone is 2. The molecule has 122 valence electrons. The van der Waals surface area contributed by atoms with E-state index >= 15 is 0 Å². The maximum atomic E-state index is 9.99. The highest BCUT2D eigenvalue weighted by Gasteiger charge is 2.46. The molecule has 25 heavy (non-hydrogen) atoms. The second-order valence-electron chi connectivity index (χ2n) is 5.76. The smallest absolute Gasteiger partial charge is 0.206 e. The highest BCUT2D eigenvalue weighted by Crippen LogP contribution is 2.49. The van der Waals surface area contributed by atoms with Gasteiger partial charge in [0.05, 0.1) is 17.1 Å². The largest absolute Gasteiger partial charge is 0.439 e. The number of nitrogens with two attached hydrogens (primary N) is 1. The molecule has 4 nitrogen and oxygen atoms in total. The van der Waals surface area contributed by atoms with Crippen LogP contribution >= 0.6 is 0 Å². The molecule has 0 bridgehead atoms. The molecule has 1 unspecified atom stereocenters. The van der Waals surface area contributed by atoms with E-state index < -0.39 is 5.41 Å². The third-order valence-electron chi connectivity index (χ3n) is 4.60. The molecule has 4 heteroatoms. The average molecular weight is 327 g/mol. The van der Waals surface area contributed by atoms with Gasteiger partial charge in [0.2, 0.25) is 5.88 Å². The molecule has 1 heterocycles. The molecule has 0 saturated heterocycles. The Balaban J connectivity index is 2.38. The number of benzene rings is 2. The molecule has 0 fully saturated rings. The minimum absolute atomic E-state index is 0.0473. The SMILES string of the molecule is CCC1(c2ccccc2)C(C#N)=C(N)OC(c2ccccc2)=C1C#N. The summed E-state index contributed by atoms with van der Waals surface area (Å²) in [5, 5.41) is 19.7. The summed E-state index contributed by atoms with van der Waals surface area (Å²) in [5.41, 5.74) is 7.48. The van der Waals surface area contributed by atoms with Gasteiger partial charge in [0.25, 0.3) is 0 Å². The number of hydrogen-bond donors (Lipinski definition) is 1. The van der Waals surface area contributed by atoms with Crippen LogP contribution in [0.4, 0.5) is 0 Å². The van der Waals surface area contributed by atoms with Gasteiger partial charge < -0.3 is 10.5 Å². The van der Waals surface area contributed by atoms with Crippen LogP contribution in [-0.4, -0.2) is 0 Å². The van der Waals surface area contributed by atoms with Crippen molar-refractivity contribution in [2.45, 2.75) is 18.8 Å². The summed E-state index contributed by atoms with van der Waals surface area (Å²) in [6, 6.07) is 23.3. The summed E-state index contributed by atoms with van der Waals surface area (Å²) in [6.07, 6.45) is 0.517. The standard InChI is InChI=1S/C21H17N3O/c1-2-21(16-11-7-4-8-12-16)17(13-22)19(15-9-5-3-6-10-15)25-20(24)18(21)14-23/h3-12H,2,24H2,1H3. The highest BCUT2D eigenvalue weighted by atomic mass is 16.5. The fraction of sp³-hybridized carbons (Fsp3) is 0.143. The van der Waals surface area contributed by atoms with Gasteiger partial charge in [0.1, 0.15) is 11.6 Å². The molecule has 2 aromatic rings. The lowest BCUT2D eigenvalue weighted by atomic mass is 9.66. The van der Waals surface area contributed by atoms with Crippen LogP contribution in [0.25, 0.3) is 5.76 Å². The maximum Gasteiger partial charge on any atom is 0.206 e. The lowest BCUT2D eigenvalue weighted by molar-refractivity contribution is 0.337. The number of nitriles is 2. The minimum atomic E-state index is -0.918. The predicted octanol–water partition coefficient (Wildman–Crippen LogP) is 3.99. The molecule has 1 aliphatic heterocycles. The Labute approximate surface area is 147 Å². The van der Waals surface area contributed by atoms with E-state index in [9.17, 15) is 10.5 Å². The molecule has 0 aromatic heterocycles. The van der Waals surface area contributed by atoms with Crippen molar-refractivity contribution in [1.29, 1.82) is 10.5 Å². The molecule has 0 amide bonds. The quantitative estimate of drug-likeness (QED) is 0.924. The summed E-state index contributed by atoms with van der Waals surface area (Å²) >= 11 is 0. The first-order valence-corrected chi connectivity index (χ1v) is 8.03. The summed E-state index contributed by atoms with van der Waals surface area (Å²) in [6.45, 7) is 1.95. The van der Waals surface area contributed by atoms with Crippen LogP contribution in [0.3, 0.4) is 0 Å². The number of hydrogen-bond acceptors (Lipinski definition) is 4. The maximum absolute atomic E-state index is 9.99. The van der Waals surface area contributed by atoms with Crippen LogP contribution in [0.2, 0.25) is 0 Å². The van der Waals surface area contributed by atoms with E-state index in [0.29, 0.717) is 17.8 Å². The van der Waals surface area contributed by atoms with E-state index in [-0.39, 0.29) is 11.5 Å². The van der Waals surface area contributed by atoms with Crippen molar-refractivity contribution < 1.29 is 4.74 Å². The van der Waals surface area contributed by atoms with Gasteiger partial charge in [-0.15, -0.1) is 0 Å². The zero-order valence-corrected chi connectivity index (χ0v) is 13.9. The van der Waals surface area contributed by atoms with Crippen LogP contribution in [0, 0.1) is 22.7 Å². The number of rotatable bonds is 3. The molecule has 0 radical (unpaired) electrons. The second kappa shape index (κ2) is 6.55. The van der Waals surface area contributed by atoms with E-state index in [1.165, 1.54) is 0 Å². The Kier molecular flexibility index (Phi) is 4.29. The molecule has 2 N–H and O–H groups in total. The normalized spacial score (nSPS) is 19.8. The van der Waals surface area contributed by atoms with Crippen molar-refractivity contribution in [3.63, 3.8) is 0 Å². The first-order valence-electron chi connectivity index (χ1n) is 8.03. The van der Waals surface area contributed by atoms with Crippen LogP contribution < -0.4 is 5.73 Å². The van der Waals surface area contributed by atoms with Gasteiger partial charge in [-0.05, 0) is 12.0 Å². The van der Waals surface area contributed by atoms with E-state index in [1.54, 1.807) is 0 Å². The molecule has 0 saturated carbocycles. The van der Waals surface area contributed by atoms with Gasteiger partial charge in [0, 0.05) is 5.56 Å². The van der Waals surface area contributed by atoms with Crippen LogP contribution in [-0.2, 0) is 10.2 Å². The van der Waals surface area contributed by atoms with Crippen molar-refractivity contribution >= 4 is 5.76 Å². The Bertz CT molecular complexity index is 931. The van der Waals surface area contributed by atoms with Gasteiger partial charge in [0.15, 0.2) is 5.76 Å². The summed E-state index contributed by atoms with van der Waals surface area (Å²) in [4.78, 5) is 0. The second-order valence-corrected chi connectivity index (χ2v) is 5.76.